The van der Waals surface area contributed by atoms with Gasteiger partial charge in [0.1, 0.15) is 17.2 Å². The molecule has 116 valence electrons. The van der Waals surface area contributed by atoms with Gasteiger partial charge in [-0.1, -0.05) is 13.8 Å². The maximum atomic E-state index is 12.3. The maximum absolute atomic E-state index is 12.3. The van der Waals surface area contributed by atoms with Crippen LogP contribution in [0.25, 0.3) is 10.8 Å². The fraction of sp³-hybridized carbons (Fsp3) is 0.353. The molecule has 0 radical (unpaired) electrons. The second-order valence-electron chi connectivity index (χ2n) is 5.16. The Balaban J connectivity index is 3.10. The summed E-state index contributed by atoms with van der Waals surface area (Å²) >= 11 is 0. The molecular formula is C17H19NO4. The molecule has 0 saturated heterocycles. The summed E-state index contributed by atoms with van der Waals surface area (Å²) in [7, 11) is 1.52. The molecule has 0 saturated carbocycles. The number of aryl methyl sites for hydroxylation is 1. The largest absolute Gasteiger partial charge is 0.506 e. The van der Waals surface area contributed by atoms with Gasteiger partial charge in [-0.2, -0.15) is 0 Å². The molecule has 0 aliphatic heterocycles. The Morgan fingerprint density at radius 1 is 1.32 bits per heavy atom. The van der Waals surface area contributed by atoms with E-state index in [1.165, 1.54) is 7.11 Å². The Labute approximate surface area is 128 Å². The molecule has 5 nitrogen and oxygen atoms in total. The van der Waals surface area contributed by atoms with E-state index < -0.39 is 0 Å². The molecule has 2 aromatic carbocycles. The summed E-state index contributed by atoms with van der Waals surface area (Å²) in [5.41, 5.74) is 1.82. The lowest BCUT2D eigenvalue weighted by molar-refractivity contribution is 0.0984. The summed E-state index contributed by atoms with van der Waals surface area (Å²) in [4.78, 5) is 23.4. The summed E-state index contributed by atoms with van der Waals surface area (Å²) in [6.07, 6.45) is 0.788. The number of ketones is 1. The molecule has 0 aromatic heterocycles. The van der Waals surface area contributed by atoms with Crippen molar-refractivity contribution in [2.75, 3.05) is 7.11 Å². The Morgan fingerprint density at radius 3 is 2.50 bits per heavy atom. The molecule has 0 aliphatic rings. The summed E-state index contributed by atoms with van der Waals surface area (Å²) in [5, 5.41) is 14.5. The number of ether oxygens (including phenoxy) is 1. The molecule has 0 unspecified atom stereocenters. The third-order valence-electron chi connectivity index (χ3n) is 3.81. The summed E-state index contributed by atoms with van der Waals surface area (Å²) in [6, 6.07) is 3.41. The highest BCUT2D eigenvalue weighted by Gasteiger charge is 2.25. The number of phenols is 1. The van der Waals surface area contributed by atoms with Crippen molar-refractivity contribution in [1.82, 2.24) is 0 Å². The molecule has 0 fully saturated rings. The fourth-order valence-corrected chi connectivity index (χ4v) is 2.86. The van der Waals surface area contributed by atoms with E-state index in [0.717, 1.165) is 5.56 Å². The third-order valence-corrected chi connectivity index (χ3v) is 3.81. The Morgan fingerprint density at radius 2 is 2.00 bits per heavy atom. The average molecular weight is 301 g/mol. The summed E-state index contributed by atoms with van der Waals surface area (Å²) in [5.74, 6) is 0.141. The van der Waals surface area contributed by atoms with Crippen LogP contribution < -0.4 is 4.74 Å². The zero-order chi connectivity index (χ0) is 16.4. The van der Waals surface area contributed by atoms with Crippen molar-refractivity contribution >= 4 is 22.2 Å². The SMILES string of the molecule is CCC(=O)c1c(CC)c(OC)c2cc(C)cc(N=O)c2c1O. The van der Waals surface area contributed by atoms with E-state index >= 15 is 0 Å². The van der Waals surface area contributed by atoms with Gasteiger partial charge in [-0.15, -0.1) is 4.91 Å². The highest BCUT2D eigenvalue weighted by molar-refractivity contribution is 6.11. The predicted molar refractivity (Wildman–Crippen MR) is 86.4 cm³/mol. The van der Waals surface area contributed by atoms with Crippen LogP contribution in [0.4, 0.5) is 5.69 Å². The molecule has 0 spiro atoms. The summed E-state index contributed by atoms with van der Waals surface area (Å²) < 4.78 is 5.49. The van der Waals surface area contributed by atoms with Crippen LogP contribution in [0.15, 0.2) is 17.3 Å². The number of carbonyl (C=O) groups excluding carboxylic acids is 1. The first kappa shape index (κ1) is 15.9. The third kappa shape index (κ3) is 2.32. The number of rotatable bonds is 5. The number of methoxy groups -OCH3 is 1. The Bertz CT molecular complexity index is 765. The van der Waals surface area contributed by atoms with Crippen LogP contribution in [0.5, 0.6) is 11.5 Å². The zero-order valence-electron chi connectivity index (χ0n) is 13.2. The van der Waals surface area contributed by atoms with E-state index in [1.807, 2.05) is 19.9 Å². The van der Waals surface area contributed by atoms with Crippen LogP contribution in [0, 0.1) is 11.8 Å². The topological polar surface area (TPSA) is 76.0 Å². The highest BCUT2D eigenvalue weighted by Crippen LogP contribution is 2.45. The minimum absolute atomic E-state index is 0.110. The van der Waals surface area contributed by atoms with Crippen LogP contribution >= 0.6 is 0 Å². The van der Waals surface area contributed by atoms with Gasteiger partial charge in [0.15, 0.2) is 5.78 Å². The summed E-state index contributed by atoms with van der Waals surface area (Å²) in [6.45, 7) is 5.46. The van der Waals surface area contributed by atoms with Crippen LogP contribution in [-0.2, 0) is 6.42 Å². The number of hydrogen-bond acceptors (Lipinski definition) is 5. The van der Waals surface area contributed by atoms with E-state index in [2.05, 4.69) is 5.18 Å². The first-order chi connectivity index (χ1) is 10.5. The number of fused-ring (bicyclic) bond motifs is 1. The van der Waals surface area contributed by atoms with Gasteiger partial charge in [-0.05, 0) is 36.2 Å². The normalized spacial score (nSPS) is 10.7. The standard InChI is InChI=1S/C17H19NO4/c1-5-10-15(13(19)6-2)16(20)14-11(17(10)22-4)7-9(3)8-12(14)18-21/h7-8,20H,5-6H2,1-4H3. The first-order valence-electron chi connectivity index (χ1n) is 7.22. The molecule has 5 heteroatoms. The van der Waals surface area contributed by atoms with Crippen LogP contribution in [0.2, 0.25) is 0 Å². The lowest BCUT2D eigenvalue weighted by atomic mass is 9.91. The first-order valence-corrected chi connectivity index (χ1v) is 7.22. The molecular weight excluding hydrogens is 282 g/mol. The number of nitrogens with zero attached hydrogens (tertiary/aromatic N) is 1. The van der Waals surface area contributed by atoms with Gasteiger partial charge < -0.3 is 9.84 Å². The van der Waals surface area contributed by atoms with Gasteiger partial charge in [0.2, 0.25) is 0 Å². The second kappa shape index (κ2) is 6.13. The van der Waals surface area contributed by atoms with E-state index in [1.54, 1.807) is 13.0 Å². The number of hydrogen-bond donors (Lipinski definition) is 1. The second-order valence-corrected chi connectivity index (χ2v) is 5.16. The number of nitroso groups, excluding NO2 is 1. The smallest absolute Gasteiger partial charge is 0.166 e. The van der Waals surface area contributed by atoms with Gasteiger partial charge in [-0.3, -0.25) is 4.79 Å². The molecule has 2 rings (SSSR count). The van der Waals surface area contributed by atoms with E-state index in [4.69, 9.17) is 4.74 Å². The van der Waals surface area contributed by atoms with Gasteiger partial charge >= 0.3 is 0 Å². The lowest BCUT2D eigenvalue weighted by Crippen LogP contribution is -2.06. The molecule has 0 atom stereocenters. The molecule has 0 aliphatic carbocycles. The maximum Gasteiger partial charge on any atom is 0.166 e. The van der Waals surface area contributed by atoms with Crippen molar-refractivity contribution < 1.29 is 14.6 Å². The molecule has 0 heterocycles. The number of aromatic hydroxyl groups is 1. The van der Waals surface area contributed by atoms with Crippen molar-refractivity contribution in [3.8, 4) is 11.5 Å². The van der Waals surface area contributed by atoms with Crippen molar-refractivity contribution in [1.29, 1.82) is 0 Å². The number of carbonyl (C=O) groups is 1. The molecule has 2 aromatic rings. The molecule has 0 amide bonds. The number of Topliss-reactive ketones (excluding diaryl/α,β-unsaturated/α-hetero) is 1. The fourth-order valence-electron chi connectivity index (χ4n) is 2.86. The van der Waals surface area contributed by atoms with Gasteiger partial charge in [0, 0.05) is 17.4 Å². The van der Waals surface area contributed by atoms with Crippen LogP contribution in [0.1, 0.15) is 41.8 Å². The Hall–Kier alpha value is -2.43. The minimum atomic E-state index is -0.188. The minimum Gasteiger partial charge on any atom is -0.506 e. The number of phenolic OH excluding ortho intramolecular Hbond substituents is 1. The Kier molecular flexibility index (Phi) is 4.45. The lowest BCUT2D eigenvalue weighted by Gasteiger charge is -2.18. The quantitative estimate of drug-likeness (QED) is 0.655. The van der Waals surface area contributed by atoms with Gasteiger partial charge in [-0.25, -0.2) is 0 Å². The molecule has 1 N–H and O–H groups in total. The van der Waals surface area contributed by atoms with Crippen molar-refractivity contribution in [2.24, 2.45) is 5.18 Å². The zero-order valence-corrected chi connectivity index (χ0v) is 13.2. The van der Waals surface area contributed by atoms with E-state index in [0.29, 0.717) is 23.1 Å². The van der Waals surface area contributed by atoms with Crippen LogP contribution in [0.3, 0.4) is 0 Å². The predicted octanol–water partition coefficient (Wildman–Crippen LogP) is 4.42. The van der Waals surface area contributed by atoms with E-state index in [-0.39, 0.29) is 34.6 Å². The van der Waals surface area contributed by atoms with Gasteiger partial charge in [0.25, 0.3) is 0 Å². The van der Waals surface area contributed by atoms with Crippen molar-refractivity contribution in [2.45, 2.75) is 33.6 Å². The van der Waals surface area contributed by atoms with E-state index in [9.17, 15) is 14.8 Å². The number of benzene rings is 2. The van der Waals surface area contributed by atoms with Crippen LogP contribution in [-0.4, -0.2) is 18.0 Å². The average Bonchev–Trinajstić information content (AvgIpc) is 2.52. The van der Waals surface area contributed by atoms with Crippen molar-refractivity contribution in [3.05, 3.63) is 33.7 Å². The van der Waals surface area contributed by atoms with Gasteiger partial charge in [0.05, 0.1) is 18.1 Å². The highest BCUT2D eigenvalue weighted by atomic mass is 16.5. The van der Waals surface area contributed by atoms with Crippen molar-refractivity contribution in [3.63, 3.8) is 0 Å². The monoisotopic (exact) mass is 301 g/mol. The molecule has 0 bridgehead atoms. The molecule has 22 heavy (non-hydrogen) atoms.